The Morgan fingerprint density at radius 3 is 2.81 bits per heavy atom. The number of nitrogens with zero attached hydrogens (tertiary/aromatic N) is 1. The summed E-state index contributed by atoms with van der Waals surface area (Å²) in [4.78, 5) is 16.1. The van der Waals surface area contributed by atoms with Crippen molar-refractivity contribution >= 4 is 33.7 Å². The van der Waals surface area contributed by atoms with Crippen LogP contribution in [-0.4, -0.2) is 23.5 Å². The van der Waals surface area contributed by atoms with Crippen molar-refractivity contribution in [1.82, 2.24) is 10.3 Å². The third-order valence-corrected chi connectivity index (χ3v) is 5.21. The summed E-state index contributed by atoms with van der Waals surface area (Å²) in [6.07, 6.45) is 5.52. The number of hydrogen-bond donors (Lipinski definition) is 2. The van der Waals surface area contributed by atoms with E-state index in [9.17, 15) is 4.79 Å². The van der Waals surface area contributed by atoms with Gasteiger partial charge in [0.1, 0.15) is 17.7 Å². The summed E-state index contributed by atoms with van der Waals surface area (Å²) >= 11 is 3.62. The van der Waals surface area contributed by atoms with E-state index < -0.39 is 0 Å². The predicted octanol–water partition coefficient (Wildman–Crippen LogP) is 3.86. The van der Waals surface area contributed by atoms with Crippen molar-refractivity contribution in [3.63, 3.8) is 0 Å². The normalized spacial score (nSPS) is 16.2. The van der Waals surface area contributed by atoms with E-state index in [0.717, 1.165) is 22.2 Å². The predicted molar refractivity (Wildman–Crippen MR) is 112 cm³/mol. The molecule has 0 saturated carbocycles. The van der Waals surface area contributed by atoms with Gasteiger partial charge in [0.25, 0.3) is 0 Å². The summed E-state index contributed by atoms with van der Waals surface area (Å²) in [6, 6.07) is 7.70. The number of benzene rings is 1. The number of nitrogens with one attached hydrogen (secondary N) is 1. The van der Waals surface area contributed by atoms with Crippen LogP contribution in [0.25, 0.3) is 6.08 Å². The zero-order valence-corrected chi connectivity index (χ0v) is 17.3. The third kappa shape index (κ3) is 4.69. The molecule has 1 amide bonds. The van der Waals surface area contributed by atoms with Crippen LogP contribution in [0.4, 0.5) is 5.82 Å². The average molecular weight is 430 g/mol. The van der Waals surface area contributed by atoms with Crippen molar-refractivity contribution in [2.75, 3.05) is 12.3 Å². The van der Waals surface area contributed by atoms with Crippen LogP contribution in [0.1, 0.15) is 37.5 Å². The zero-order chi connectivity index (χ0) is 19.6. The van der Waals surface area contributed by atoms with Crippen molar-refractivity contribution in [1.29, 1.82) is 0 Å². The van der Waals surface area contributed by atoms with E-state index in [0.29, 0.717) is 12.4 Å². The highest BCUT2D eigenvalue weighted by molar-refractivity contribution is 9.10. The van der Waals surface area contributed by atoms with Crippen LogP contribution in [0.3, 0.4) is 0 Å². The van der Waals surface area contributed by atoms with Crippen LogP contribution in [0.15, 0.2) is 41.0 Å². The molecule has 0 aliphatic carbocycles. The molecule has 3 N–H and O–H groups in total. The van der Waals surface area contributed by atoms with Gasteiger partial charge in [-0.15, -0.1) is 0 Å². The summed E-state index contributed by atoms with van der Waals surface area (Å²) in [7, 11) is 0. The number of amides is 1. The van der Waals surface area contributed by atoms with E-state index in [1.54, 1.807) is 18.3 Å². The number of fused-ring (bicyclic) bond motifs is 1. The highest BCUT2D eigenvalue weighted by Crippen LogP contribution is 2.42. The van der Waals surface area contributed by atoms with Crippen molar-refractivity contribution < 1.29 is 9.53 Å². The second kappa shape index (κ2) is 7.72. The van der Waals surface area contributed by atoms with Crippen LogP contribution in [0, 0.1) is 0 Å². The van der Waals surface area contributed by atoms with Gasteiger partial charge in [0.15, 0.2) is 0 Å². The van der Waals surface area contributed by atoms with Crippen LogP contribution in [0.5, 0.6) is 5.75 Å². The Bertz CT molecular complexity index is 870. The first kappa shape index (κ1) is 19.4. The fraction of sp³-hybridized carbons (Fsp3) is 0.333. The van der Waals surface area contributed by atoms with Gasteiger partial charge in [-0.3, -0.25) is 4.79 Å². The largest absolute Gasteiger partial charge is 0.488 e. The Balaban J connectivity index is 1.60. The van der Waals surface area contributed by atoms with Crippen LogP contribution in [-0.2, 0) is 16.6 Å². The molecular formula is C21H24BrN3O2. The Hall–Kier alpha value is -2.34. The smallest absolute Gasteiger partial charge is 0.244 e. The number of halogens is 1. The fourth-order valence-corrected chi connectivity index (χ4v) is 3.50. The minimum atomic E-state index is -0.165. The van der Waals surface area contributed by atoms with E-state index in [2.05, 4.69) is 59.1 Å². The quantitative estimate of drug-likeness (QED) is 0.723. The molecule has 1 aromatic heterocycles. The first-order chi connectivity index (χ1) is 12.7. The number of pyridine rings is 1. The van der Waals surface area contributed by atoms with Gasteiger partial charge in [0.05, 0.1) is 6.54 Å². The Labute approximate surface area is 168 Å². The molecule has 142 valence electrons. The van der Waals surface area contributed by atoms with Crippen LogP contribution in [0.2, 0.25) is 0 Å². The van der Waals surface area contributed by atoms with E-state index in [1.165, 1.54) is 17.2 Å². The van der Waals surface area contributed by atoms with E-state index in [4.69, 9.17) is 10.5 Å². The lowest BCUT2D eigenvalue weighted by atomic mass is 9.85. The second-order valence-corrected chi connectivity index (χ2v) is 8.55. The third-order valence-electron chi connectivity index (χ3n) is 4.47. The average Bonchev–Trinajstić information content (AvgIpc) is 3.03. The lowest BCUT2D eigenvalue weighted by Gasteiger charge is -2.23. The summed E-state index contributed by atoms with van der Waals surface area (Å²) in [6.45, 7) is 6.97. The number of carbonyl (C=O) groups is 1. The Kier molecular flexibility index (Phi) is 5.56. The first-order valence-electron chi connectivity index (χ1n) is 8.90. The fourth-order valence-electron chi connectivity index (χ4n) is 3.03. The van der Waals surface area contributed by atoms with Crippen molar-refractivity contribution in [2.24, 2.45) is 0 Å². The number of rotatable bonds is 4. The van der Waals surface area contributed by atoms with Crippen molar-refractivity contribution in [3.05, 3.63) is 57.7 Å². The van der Waals surface area contributed by atoms with Gasteiger partial charge in [-0.2, -0.15) is 0 Å². The van der Waals surface area contributed by atoms with Gasteiger partial charge in [0, 0.05) is 28.7 Å². The SMILES string of the molecule is CC(C)(C)c1ccc(Br)c2c1OC(CNC(=O)C=Cc1ccc(N)nc1)C2. The lowest BCUT2D eigenvalue weighted by molar-refractivity contribution is -0.116. The summed E-state index contributed by atoms with van der Waals surface area (Å²) < 4.78 is 7.23. The molecule has 6 heteroatoms. The molecule has 1 aliphatic rings. The molecule has 5 nitrogen and oxygen atoms in total. The molecule has 0 radical (unpaired) electrons. The minimum absolute atomic E-state index is 0.00122. The molecule has 2 aromatic rings. The molecule has 0 saturated heterocycles. The number of anilines is 1. The van der Waals surface area contributed by atoms with E-state index in [1.807, 2.05) is 6.07 Å². The van der Waals surface area contributed by atoms with Crippen molar-refractivity contribution in [2.45, 2.75) is 38.7 Å². The maximum atomic E-state index is 12.1. The molecule has 1 unspecified atom stereocenters. The van der Waals surface area contributed by atoms with Crippen molar-refractivity contribution in [3.8, 4) is 5.75 Å². The summed E-state index contributed by atoms with van der Waals surface area (Å²) in [5.41, 5.74) is 8.73. The number of aromatic nitrogens is 1. The van der Waals surface area contributed by atoms with Gasteiger partial charge in [-0.05, 0) is 40.8 Å². The number of ether oxygens (including phenoxy) is 1. The van der Waals surface area contributed by atoms with Gasteiger partial charge in [-0.25, -0.2) is 4.98 Å². The maximum Gasteiger partial charge on any atom is 0.244 e. The molecule has 0 fully saturated rings. The summed E-state index contributed by atoms with van der Waals surface area (Å²) in [5, 5.41) is 2.91. The molecule has 1 aliphatic heterocycles. The highest BCUT2D eigenvalue weighted by Gasteiger charge is 2.31. The monoisotopic (exact) mass is 429 g/mol. The zero-order valence-electron chi connectivity index (χ0n) is 15.8. The van der Waals surface area contributed by atoms with Gasteiger partial charge < -0.3 is 15.8 Å². The Morgan fingerprint density at radius 2 is 2.15 bits per heavy atom. The topological polar surface area (TPSA) is 77.2 Å². The Morgan fingerprint density at radius 1 is 1.37 bits per heavy atom. The molecule has 1 aromatic carbocycles. The van der Waals surface area contributed by atoms with Crippen LogP contribution >= 0.6 is 15.9 Å². The molecule has 1 atom stereocenters. The lowest BCUT2D eigenvalue weighted by Crippen LogP contribution is -2.33. The van der Waals surface area contributed by atoms with Crippen LogP contribution < -0.4 is 15.8 Å². The number of nitrogens with two attached hydrogens (primary N) is 1. The standard InChI is InChI=1S/C21H24BrN3O2/c1-21(2,3)16-6-7-17(22)15-10-14(27-20(15)16)12-25-19(26)9-5-13-4-8-18(23)24-11-13/h4-9,11,14H,10,12H2,1-3H3,(H2,23,24)(H,25,26). The van der Waals surface area contributed by atoms with Gasteiger partial charge in [0.2, 0.25) is 5.91 Å². The van der Waals surface area contributed by atoms with Gasteiger partial charge in [-0.1, -0.05) is 42.8 Å². The summed E-state index contributed by atoms with van der Waals surface area (Å²) in [5.74, 6) is 1.23. The molecule has 2 heterocycles. The van der Waals surface area contributed by atoms with E-state index in [-0.39, 0.29) is 17.4 Å². The van der Waals surface area contributed by atoms with E-state index >= 15 is 0 Å². The maximum absolute atomic E-state index is 12.1. The molecule has 3 rings (SSSR count). The number of hydrogen-bond acceptors (Lipinski definition) is 4. The van der Waals surface area contributed by atoms with Gasteiger partial charge >= 0.3 is 0 Å². The molecular weight excluding hydrogens is 406 g/mol. The number of carbonyl (C=O) groups excluding carboxylic acids is 1. The highest BCUT2D eigenvalue weighted by atomic mass is 79.9. The first-order valence-corrected chi connectivity index (χ1v) is 9.69. The minimum Gasteiger partial charge on any atom is -0.488 e. The number of nitrogen functional groups attached to an aromatic ring is 1. The molecule has 0 bridgehead atoms. The molecule has 27 heavy (non-hydrogen) atoms. The second-order valence-electron chi connectivity index (χ2n) is 7.69. The molecule has 0 spiro atoms.